The van der Waals surface area contributed by atoms with E-state index in [4.69, 9.17) is 14.5 Å². The number of benzene rings is 1. The summed E-state index contributed by atoms with van der Waals surface area (Å²) in [5.74, 6) is -1.44. The number of rotatable bonds is 4. The van der Waals surface area contributed by atoms with Gasteiger partial charge in [-0.15, -0.1) is 0 Å². The maximum absolute atomic E-state index is 14.9. The van der Waals surface area contributed by atoms with Crippen molar-refractivity contribution in [3.05, 3.63) is 61.7 Å². The molecule has 2 aromatic heterocycles. The molecule has 3 aromatic rings. The molecule has 2 aliphatic heterocycles. The van der Waals surface area contributed by atoms with Gasteiger partial charge in [0.2, 0.25) is 5.91 Å². The molecule has 10 heteroatoms. The van der Waals surface area contributed by atoms with Crippen molar-refractivity contribution >= 4 is 22.8 Å². The van der Waals surface area contributed by atoms with Gasteiger partial charge in [-0.2, -0.15) is 0 Å². The Balaban J connectivity index is 1.63. The number of halogens is 1. The summed E-state index contributed by atoms with van der Waals surface area (Å²) < 4.78 is 26.6. The Kier molecular flexibility index (Phi) is 5.26. The van der Waals surface area contributed by atoms with Crippen molar-refractivity contribution in [3.63, 3.8) is 0 Å². The Morgan fingerprint density at radius 1 is 1.32 bits per heavy atom. The summed E-state index contributed by atoms with van der Waals surface area (Å²) >= 11 is 0. The van der Waals surface area contributed by atoms with Gasteiger partial charge in [0.05, 0.1) is 35.1 Å². The van der Waals surface area contributed by atoms with Crippen molar-refractivity contribution in [1.29, 1.82) is 0 Å². The monoisotopic (exact) mass is 507 g/mol. The lowest BCUT2D eigenvalue weighted by atomic mass is 9.81. The molecule has 2 N–H and O–H groups in total. The number of aliphatic hydroxyl groups is 1. The first kappa shape index (κ1) is 23.7. The van der Waals surface area contributed by atoms with E-state index in [0.29, 0.717) is 35.3 Å². The van der Waals surface area contributed by atoms with E-state index in [1.165, 1.54) is 13.2 Å². The minimum Gasteiger partial charge on any atom is -0.458 e. The first-order chi connectivity index (χ1) is 17.7. The Morgan fingerprint density at radius 3 is 2.84 bits per heavy atom. The Hall–Kier alpha value is -3.63. The van der Waals surface area contributed by atoms with Crippen molar-refractivity contribution in [3.8, 4) is 11.4 Å². The fourth-order valence-corrected chi connectivity index (χ4v) is 6.07. The molecular formula is C27H26FN3O6. The van der Waals surface area contributed by atoms with E-state index in [-0.39, 0.29) is 60.6 Å². The summed E-state index contributed by atoms with van der Waals surface area (Å²) in [5, 5.41) is 15.0. The number of hydrogen-bond donors (Lipinski definition) is 2. The first-order valence-corrected chi connectivity index (χ1v) is 12.3. The highest BCUT2D eigenvalue weighted by Crippen LogP contribution is 2.45. The molecule has 37 heavy (non-hydrogen) atoms. The lowest BCUT2D eigenvalue weighted by Crippen LogP contribution is -2.44. The van der Waals surface area contributed by atoms with E-state index < -0.39 is 11.6 Å². The normalized spacial score (nSPS) is 21.3. The number of ether oxygens (including phenoxy) is 2. The molecule has 0 saturated heterocycles. The van der Waals surface area contributed by atoms with Crippen LogP contribution in [0, 0.1) is 12.7 Å². The van der Waals surface area contributed by atoms with Crippen LogP contribution in [-0.4, -0.2) is 40.3 Å². The maximum Gasteiger partial charge on any atom is 0.343 e. The van der Waals surface area contributed by atoms with E-state index in [1.54, 1.807) is 24.5 Å². The van der Waals surface area contributed by atoms with Gasteiger partial charge in [-0.25, -0.2) is 14.2 Å². The third-order valence-corrected chi connectivity index (χ3v) is 7.99. The zero-order chi connectivity index (χ0) is 26.2. The highest BCUT2D eigenvalue weighted by atomic mass is 19.1. The van der Waals surface area contributed by atoms with Gasteiger partial charge in [-0.1, -0.05) is 6.92 Å². The van der Waals surface area contributed by atoms with E-state index in [9.17, 15) is 23.9 Å². The molecular weight excluding hydrogens is 481 g/mol. The number of fused-ring (bicyclic) bond motifs is 5. The smallest absolute Gasteiger partial charge is 0.343 e. The molecule has 1 aliphatic carbocycles. The standard InChI is InChI=1S/C27H26FN3O6/c1-4-27(35)16-7-20-24-14(9-31(20)25(33)15(16)10-37-26(27)34)23-18(29-21(32)11-36-3)6-5-13-12(2)17(28)8-19(30-24)22(13)23/h7-8,18,35H,4-6,9-11H2,1-3H3,(H,29,32)/t18-,27-/m0/s1. The first-order valence-electron chi connectivity index (χ1n) is 12.3. The lowest BCUT2D eigenvalue weighted by Gasteiger charge is -2.31. The van der Waals surface area contributed by atoms with Crippen LogP contribution in [0.15, 0.2) is 16.9 Å². The third kappa shape index (κ3) is 3.21. The molecule has 0 saturated carbocycles. The maximum atomic E-state index is 14.9. The molecule has 6 rings (SSSR count). The SMILES string of the molecule is CC[C@@]1(O)C(=O)OCc2c1cc1n(c2=O)Cc2c-1nc1cc(F)c(C)c3c1c2[C@@H](NC(=O)COC)CC3. The van der Waals surface area contributed by atoms with Crippen LogP contribution in [0.25, 0.3) is 22.3 Å². The number of hydrogen-bond acceptors (Lipinski definition) is 7. The van der Waals surface area contributed by atoms with Crippen LogP contribution < -0.4 is 10.9 Å². The second-order valence-corrected chi connectivity index (χ2v) is 9.90. The number of carbonyl (C=O) groups is 2. The minimum atomic E-state index is -1.94. The molecule has 192 valence electrons. The van der Waals surface area contributed by atoms with E-state index in [0.717, 1.165) is 22.1 Å². The molecule has 1 aromatic carbocycles. The predicted octanol–water partition coefficient (Wildman–Crippen LogP) is 2.28. The molecule has 0 spiro atoms. The minimum absolute atomic E-state index is 0.0342. The Labute approximate surface area is 211 Å². The summed E-state index contributed by atoms with van der Waals surface area (Å²) in [6.45, 7) is 3.25. The van der Waals surface area contributed by atoms with Crippen LogP contribution in [0.2, 0.25) is 0 Å². The average molecular weight is 508 g/mol. The lowest BCUT2D eigenvalue weighted by molar-refractivity contribution is -0.172. The van der Waals surface area contributed by atoms with Crippen LogP contribution in [-0.2, 0) is 44.2 Å². The van der Waals surface area contributed by atoms with E-state index in [1.807, 2.05) is 0 Å². The molecule has 9 nitrogen and oxygen atoms in total. The zero-order valence-corrected chi connectivity index (χ0v) is 20.7. The summed E-state index contributed by atoms with van der Waals surface area (Å²) in [5.41, 5.74) is 2.43. The summed E-state index contributed by atoms with van der Waals surface area (Å²) in [6, 6.07) is 2.64. The summed E-state index contributed by atoms with van der Waals surface area (Å²) in [4.78, 5) is 43.4. The number of methoxy groups -OCH3 is 1. The number of esters is 1. The number of amides is 1. The largest absolute Gasteiger partial charge is 0.458 e. The van der Waals surface area contributed by atoms with Crippen LogP contribution in [0.1, 0.15) is 59.2 Å². The molecule has 0 fully saturated rings. The quantitative estimate of drug-likeness (QED) is 0.407. The average Bonchev–Trinajstić information content (AvgIpc) is 3.24. The topological polar surface area (TPSA) is 120 Å². The fraction of sp³-hybridized carbons (Fsp3) is 0.407. The van der Waals surface area contributed by atoms with Gasteiger partial charge >= 0.3 is 5.97 Å². The van der Waals surface area contributed by atoms with Gasteiger partial charge < -0.3 is 24.5 Å². The number of carbonyl (C=O) groups excluding carboxylic acids is 2. The van der Waals surface area contributed by atoms with Crippen molar-refractivity contribution in [2.45, 2.75) is 57.9 Å². The number of nitrogens with zero attached hydrogens (tertiary/aromatic N) is 2. The van der Waals surface area contributed by atoms with Crippen LogP contribution in [0.3, 0.4) is 0 Å². The Bertz CT molecular complexity index is 1600. The molecule has 2 atom stereocenters. The second-order valence-electron chi connectivity index (χ2n) is 9.90. The molecule has 4 heterocycles. The zero-order valence-electron chi connectivity index (χ0n) is 20.7. The van der Waals surface area contributed by atoms with Gasteiger partial charge in [0.15, 0.2) is 5.60 Å². The van der Waals surface area contributed by atoms with Crippen molar-refractivity contribution in [2.75, 3.05) is 13.7 Å². The number of pyridine rings is 2. The third-order valence-electron chi connectivity index (χ3n) is 7.99. The van der Waals surface area contributed by atoms with Crippen LogP contribution in [0.4, 0.5) is 4.39 Å². The summed E-state index contributed by atoms with van der Waals surface area (Å²) in [7, 11) is 1.45. The van der Waals surface area contributed by atoms with Crippen molar-refractivity contribution < 1.29 is 28.6 Å². The number of aryl methyl sites for hydroxylation is 1. The predicted molar refractivity (Wildman–Crippen MR) is 130 cm³/mol. The number of nitrogens with one attached hydrogen (secondary N) is 1. The number of cyclic esters (lactones) is 1. The van der Waals surface area contributed by atoms with Gasteiger partial charge in [-0.05, 0) is 48.9 Å². The van der Waals surface area contributed by atoms with Gasteiger partial charge in [-0.3, -0.25) is 9.59 Å². The van der Waals surface area contributed by atoms with Gasteiger partial charge in [0.25, 0.3) is 5.56 Å². The molecule has 0 radical (unpaired) electrons. The van der Waals surface area contributed by atoms with Crippen LogP contribution in [0.5, 0.6) is 0 Å². The second kappa shape index (κ2) is 8.19. The molecule has 1 amide bonds. The van der Waals surface area contributed by atoms with Gasteiger partial charge in [0.1, 0.15) is 19.0 Å². The fourth-order valence-electron chi connectivity index (χ4n) is 6.07. The molecule has 3 aliphatic rings. The summed E-state index contributed by atoms with van der Waals surface area (Å²) in [6.07, 6.45) is 1.15. The Morgan fingerprint density at radius 2 is 2.11 bits per heavy atom. The molecule has 0 bridgehead atoms. The van der Waals surface area contributed by atoms with Gasteiger partial charge in [0, 0.05) is 29.7 Å². The highest BCUT2D eigenvalue weighted by molar-refractivity contribution is 5.94. The number of aromatic nitrogens is 2. The molecule has 0 unspecified atom stereocenters. The van der Waals surface area contributed by atoms with E-state index in [2.05, 4.69) is 5.32 Å². The van der Waals surface area contributed by atoms with E-state index >= 15 is 0 Å². The van der Waals surface area contributed by atoms with Crippen molar-refractivity contribution in [1.82, 2.24) is 14.9 Å². The van der Waals surface area contributed by atoms with Crippen LogP contribution >= 0.6 is 0 Å². The van der Waals surface area contributed by atoms with Crippen molar-refractivity contribution in [2.24, 2.45) is 0 Å². The highest BCUT2D eigenvalue weighted by Gasteiger charge is 2.46.